The molecule has 0 aromatic heterocycles. The molecule has 0 spiro atoms. The minimum absolute atomic E-state index is 0.202. The first-order valence-corrected chi connectivity index (χ1v) is 12.6. The van der Waals surface area contributed by atoms with Gasteiger partial charge in [0.25, 0.3) is 5.91 Å². The molecule has 208 valence electrons. The molecule has 1 amide bonds. The van der Waals surface area contributed by atoms with Crippen molar-refractivity contribution in [3.63, 3.8) is 0 Å². The smallest absolute Gasteiger partial charge is 0.341 e. The van der Waals surface area contributed by atoms with Gasteiger partial charge in [-0.2, -0.15) is 0 Å². The average molecular weight is 538 g/mol. The van der Waals surface area contributed by atoms with E-state index in [1.807, 2.05) is 25.1 Å². The second-order valence-electron chi connectivity index (χ2n) is 8.63. The van der Waals surface area contributed by atoms with Gasteiger partial charge in [-0.15, -0.1) is 0 Å². The number of hydrogen-bond donors (Lipinski definition) is 1. The summed E-state index contributed by atoms with van der Waals surface area (Å²) in [4.78, 5) is 26.6. The molecule has 0 aliphatic rings. The normalized spacial score (nSPS) is 10.5. The molecule has 0 fully saturated rings. The van der Waals surface area contributed by atoms with E-state index in [4.69, 9.17) is 28.8 Å². The highest BCUT2D eigenvalue weighted by atomic mass is 16.5. The highest BCUT2D eigenvalue weighted by Gasteiger charge is 2.22. The van der Waals surface area contributed by atoms with Gasteiger partial charge >= 0.3 is 5.97 Å². The summed E-state index contributed by atoms with van der Waals surface area (Å²) in [6, 6.07) is 18.6. The van der Waals surface area contributed by atoms with E-state index < -0.39 is 12.6 Å². The van der Waals surface area contributed by atoms with Crippen molar-refractivity contribution < 1.29 is 38.4 Å². The lowest BCUT2D eigenvalue weighted by molar-refractivity contribution is -0.139. The Balaban J connectivity index is 1.91. The summed E-state index contributed by atoms with van der Waals surface area (Å²) >= 11 is 0. The zero-order chi connectivity index (χ0) is 28.2. The predicted octanol–water partition coefficient (Wildman–Crippen LogP) is 4.85. The van der Waals surface area contributed by atoms with E-state index >= 15 is 0 Å². The molecule has 0 atom stereocenters. The molecule has 3 rings (SSSR count). The highest BCUT2D eigenvalue weighted by Crippen LogP contribution is 2.38. The number of hydrogen-bond acceptors (Lipinski definition) is 7. The van der Waals surface area contributed by atoms with E-state index in [1.54, 1.807) is 35.2 Å². The topological polar surface area (TPSA) is 104 Å². The SMILES string of the molecule is CCOc1cc(CN(CCCc2ccccc2)C(=O)c2cc(OC)c(OC)c(OC)c2)ccc1OCC(=O)O. The Morgan fingerprint density at radius 3 is 2.08 bits per heavy atom. The molecule has 0 saturated carbocycles. The first-order chi connectivity index (χ1) is 18.9. The van der Waals surface area contributed by atoms with Crippen molar-refractivity contribution in [1.82, 2.24) is 4.90 Å². The molecular formula is C30H35NO8. The van der Waals surface area contributed by atoms with E-state index in [2.05, 4.69) is 12.1 Å². The zero-order valence-electron chi connectivity index (χ0n) is 22.8. The Bertz CT molecular complexity index is 1220. The number of benzene rings is 3. The van der Waals surface area contributed by atoms with Gasteiger partial charge in [0.2, 0.25) is 5.75 Å². The van der Waals surface area contributed by atoms with Gasteiger partial charge in [-0.3, -0.25) is 4.79 Å². The molecule has 39 heavy (non-hydrogen) atoms. The Kier molecular flexibility index (Phi) is 10.9. The first kappa shape index (κ1) is 29.2. The van der Waals surface area contributed by atoms with Crippen molar-refractivity contribution in [3.8, 4) is 28.7 Å². The van der Waals surface area contributed by atoms with E-state index in [0.29, 0.717) is 54.0 Å². The van der Waals surface area contributed by atoms with Gasteiger partial charge in [0.15, 0.2) is 29.6 Å². The molecule has 0 bridgehead atoms. The lowest BCUT2D eigenvalue weighted by Crippen LogP contribution is -2.32. The van der Waals surface area contributed by atoms with Crippen LogP contribution in [0.25, 0.3) is 0 Å². The molecule has 1 N–H and O–H groups in total. The van der Waals surface area contributed by atoms with Crippen LogP contribution in [0.2, 0.25) is 0 Å². The summed E-state index contributed by atoms with van der Waals surface area (Å²) in [5, 5.41) is 8.98. The molecule has 9 nitrogen and oxygen atoms in total. The van der Waals surface area contributed by atoms with Crippen LogP contribution in [0.4, 0.5) is 0 Å². The number of amides is 1. The Morgan fingerprint density at radius 1 is 0.795 bits per heavy atom. The number of carboxylic acids is 1. The molecule has 3 aromatic rings. The van der Waals surface area contributed by atoms with Crippen LogP contribution in [0.5, 0.6) is 28.7 Å². The zero-order valence-corrected chi connectivity index (χ0v) is 22.8. The van der Waals surface area contributed by atoms with Crippen LogP contribution >= 0.6 is 0 Å². The number of rotatable bonds is 15. The quantitative estimate of drug-likeness (QED) is 0.294. The second-order valence-corrected chi connectivity index (χ2v) is 8.63. The third-order valence-electron chi connectivity index (χ3n) is 5.97. The van der Waals surface area contributed by atoms with E-state index in [0.717, 1.165) is 18.4 Å². The van der Waals surface area contributed by atoms with E-state index in [1.165, 1.54) is 26.9 Å². The number of methoxy groups -OCH3 is 3. The number of aliphatic carboxylic acids is 1. The number of carboxylic acid groups (broad SMARTS) is 1. The Morgan fingerprint density at radius 2 is 1.49 bits per heavy atom. The average Bonchev–Trinajstić information content (AvgIpc) is 2.95. The van der Waals surface area contributed by atoms with Gasteiger partial charge in [0.1, 0.15) is 0 Å². The summed E-state index contributed by atoms with van der Waals surface area (Å²) in [6.07, 6.45) is 1.56. The molecule has 0 aliphatic heterocycles. The number of aryl methyl sites for hydroxylation is 1. The highest BCUT2D eigenvalue weighted by molar-refractivity contribution is 5.95. The van der Waals surface area contributed by atoms with Crippen molar-refractivity contribution in [2.45, 2.75) is 26.3 Å². The van der Waals surface area contributed by atoms with E-state index in [-0.39, 0.29) is 5.91 Å². The molecule has 0 unspecified atom stereocenters. The van der Waals surface area contributed by atoms with Crippen LogP contribution < -0.4 is 23.7 Å². The number of nitrogens with zero attached hydrogens (tertiary/aromatic N) is 1. The summed E-state index contributed by atoms with van der Waals surface area (Å²) in [7, 11) is 4.52. The maximum absolute atomic E-state index is 13.8. The van der Waals surface area contributed by atoms with Gasteiger partial charge in [-0.05, 0) is 55.2 Å². The standard InChI is InChI=1S/C30H35NO8/c1-5-38-25-16-22(13-14-24(25)39-20-28(32)33)19-31(15-9-12-21-10-7-6-8-11-21)30(34)23-17-26(35-2)29(37-4)27(18-23)36-3/h6-8,10-11,13-14,16-18H,5,9,12,15,19-20H2,1-4H3,(H,32,33). The van der Waals surface area contributed by atoms with Crippen LogP contribution in [-0.2, 0) is 17.8 Å². The van der Waals surface area contributed by atoms with Crippen LogP contribution in [-0.4, -0.2) is 63.0 Å². The third kappa shape index (κ3) is 8.04. The van der Waals surface area contributed by atoms with Gasteiger partial charge in [0.05, 0.1) is 27.9 Å². The summed E-state index contributed by atoms with van der Waals surface area (Å²) in [5.41, 5.74) is 2.40. The van der Waals surface area contributed by atoms with Gasteiger partial charge in [-0.25, -0.2) is 4.79 Å². The monoisotopic (exact) mass is 537 g/mol. The Hall–Kier alpha value is -4.40. The Labute approximate surface area is 228 Å². The maximum Gasteiger partial charge on any atom is 0.341 e. The van der Waals surface area contributed by atoms with Crippen LogP contribution in [0.1, 0.15) is 34.8 Å². The fraction of sp³-hybridized carbons (Fsp3) is 0.333. The molecule has 9 heteroatoms. The van der Waals surface area contributed by atoms with Crippen LogP contribution in [0.3, 0.4) is 0 Å². The third-order valence-corrected chi connectivity index (χ3v) is 5.97. The van der Waals surface area contributed by atoms with Crippen molar-refractivity contribution in [1.29, 1.82) is 0 Å². The van der Waals surface area contributed by atoms with Crippen molar-refractivity contribution in [3.05, 3.63) is 77.4 Å². The fourth-order valence-corrected chi connectivity index (χ4v) is 4.16. The van der Waals surface area contributed by atoms with Crippen molar-refractivity contribution >= 4 is 11.9 Å². The molecule has 0 saturated heterocycles. The van der Waals surface area contributed by atoms with Crippen molar-refractivity contribution in [2.75, 3.05) is 41.1 Å². The van der Waals surface area contributed by atoms with Crippen LogP contribution in [0, 0.1) is 0 Å². The molecule has 0 radical (unpaired) electrons. The van der Waals surface area contributed by atoms with Crippen molar-refractivity contribution in [2.24, 2.45) is 0 Å². The lowest BCUT2D eigenvalue weighted by atomic mass is 10.1. The molecule has 0 aliphatic carbocycles. The maximum atomic E-state index is 13.8. The minimum atomic E-state index is -1.08. The van der Waals surface area contributed by atoms with E-state index in [9.17, 15) is 9.59 Å². The first-order valence-electron chi connectivity index (χ1n) is 12.6. The molecular weight excluding hydrogens is 502 g/mol. The predicted molar refractivity (Wildman–Crippen MR) is 146 cm³/mol. The number of carbonyl (C=O) groups excluding carboxylic acids is 1. The fourth-order valence-electron chi connectivity index (χ4n) is 4.16. The number of ether oxygens (including phenoxy) is 5. The van der Waals surface area contributed by atoms with Crippen LogP contribution in [0.15, 0.2) is 60.7 Å². The van der Waals surface area contributed by atoms with Gasteiger partial charge < -0.3 is 33.7 Å². The van der Waals surface area contributed by atoms with Gasteiger partial charge in [-0.1, -0.05) is 36.4 Å². The lowest BCUT2D eigenvalue weighted by Gasteiger charge is -2.24. The summed E-state index contributed by atoms with van der Waals surface area (Å²) in [5.74, 6) is 0.653. The van der Waals surface area contributed by atoms with Gasteiger partial charge in [0, 0.05) is 18.7 Å². The number of carbonyl (C=O) groups is 2. The summed E-state index contributed by atoms with van der Waals surface area (Å²) in [6.45, 7) is 2.51. The molecule has 3 aromatic carbocycles. The molecule has 0 heterocycles. The minimum Gasteiger partial charge on any atom is -0.493 e. The second kappa shape index (κ2) is 14.5. The largest absolute Gasteiger partial charge is 0.493 e. The summed E-state index contributed by atoms with van der Waals surface area (Å²) < 4.78 is 27.4.